The van der Waals surface area contributed by atoms with Gasteiger partial charge in [0.05, 0.1) is 11.9 Å². The van der Waals surface area contributed by atoms with Crippen molar-refractivity contribution >= 4 is 0 Å². The van der Waals surface area contributed by atoms with Crippen LogP contribution in [0, 0.1) is 11.6 Å². The highest BCUT2D eigenvalue weighted by Gasteiger charge is 2.02. The molecule has 0 unspecified atom stereocenters. The van der Waals surface area contributed by atoms with E-state index in [0.717, 1.165) is 11.8 Å². The Balaban J connectivity index is 1.98. The van der Waals surface area contributed by atoms with Crippen molar-refractivity contribution in [3.05, 3.63) is 59.4 Å². The molecule has 0 radical (unpaired) electrons. The lowest BCUT2D eigenvalue weighted by Gasteiger charge is -2.07. The van der Waals surface area contributed by atoms with Crippen molar-refractivity contribution in [2.45, 2.75) is 13.2 Å². The van der Waals surface area contributed by atoms with Gasteiger partial charge in [0, 0.05) is 12.6 Å². The van der Waals surface area contributed by atoms with E-state index in [1.165, 1.54) is 12.1 Å². The second-order valence-electron chi connectivity index (χ2n) is 4.08. The van der Waals surface area contributed by atoms with Crippen LogP contribution in [0.3, 0.4) is 0 Å². The van der Waals surface area contributed by atoms with Gasteiger partial charge in [-0.3, -0.25) is 4.98 Å². The van der Waals surface area contributed by atoms with E-state index < -0.39 is 11.6 Å². The number of hydrogen-bond acceptors (Lipinski definition) is 3. The summed E-state index contributed by atoms with van der Waals surface area (Å²) >= 11 is 0. The van der Waals surface area contributed by atoms with Crippen LogP contribution in [0.1, 0.15) is 11.3 Å². The molecule has 0 bridgehead atoms. The molecule has 1 heterocycles. The van der Waals surface area contributed by atoms with Crippen molar-refractivity contribution in [2.75, 3.05) is 7.05 Å². The van der Waals surface area contributed by atoms with Gasteiger partial charge in [0.25, 0.3) is 0 Å². The topological polar surface area (TPSA) is 34.1 Å². The van der Waals surface area contributed by atoms with Crippen molar-refractivity contribution in [3.8, 4) is 5.75 Å². The number of ether oxygens (including phenoxy) is 1. The molecule has 1 aromatic carbocycles. The maximum absolute atomic E-state index is 13.0. The lowest BCUT2D eigenvalue weighted by molar-refractivity contribution is 0.303. The zero-order valence-electron chi connectivity index (χ0n) is 10.5. The second-order valence-corrected chi connectivity index (χ2v) is 4.08. The minimum atomic E-state index is -0.610. The first-order valence-electron chi connectivity index (χ1n) is 5.84. The monoisotopic (exact) mass is 264 g/mol. The predicted molar refractivity (Wildman–Crippen MR) is 67.7 cm³/mol. The van der Waals surface area contributed by atoms with E-state index in [-0.39, 0.29) is 6.61 Å². The van der Waals surface area contributed by atoms with Gasteiger partial charge in [0.2, 0.25) is 0 Å². The smallest absolute Gasteiger partial charge is 0.138 e. The number of benzene rings is 1. The first-order valence-corrected chi connectivity index (χ1v) is 5.84. The molecule has 0 fully saturated rings. The van der Waals surface area contributed by atoms with Crippen LogP contribution in [0.25, 0.3) is 0 Å². The minimum absolute atomic E-state index is 0.0989. The molecule has 2 aromatic rings. The number of rotatable bonds is 5. The van der Waals surface area contributed by atoms with Crippen LogP contribution in [0.4, 0.5) is 8.78 Å². The largest absolute Gasteiger partial charge is 0.487 e. The Morgan fingerprint density at radius 2 is 1.89 bits per heavy atom. The molecule has 100 valence electrons. The normalized spacial score (nSPS) is 10.5. The zero-order chi connectivity index (χ0) is 13.7. The Bertz CT molecular complexity index is 523. The average Bonchev–Trinajstić information content (AvgIpc) is 2.37. The lowest BCUT2D eigenvalue weighted by Crippen LogP contribution is -2.06. The van der Waals surface area contributed by atoms with Gasteiger partial charge in [-0.2, -0.15) is 0 Å². The molecule has 0 amide bonds. The number of aromatic nitrogens is 1. The van der Waals surface area contributed by atoms with Gasteiger partial charge in [-0.05, 0) is 36.9 Å². The fourth-order valence-electron chi connectivity index (χ4n) is 1.64. The van der Waals surface area contributed by atoms with Gasteiger partial charge < -0.3 is 10.1 Å². The molecule has 0 atom stereocenters. The third kappa shape index (κ3) is 3.99. The van der Waals surface area contributed by atoms with E-state index in [1.807, 2.05) is 13.1 Å². The first kappa shape index (κ1) is 13.4. The number of nitrogens with one attached hydrogen (secondary N) is 1. The molecule has 0 aliphatic carbocycles. The van der Waals surface area contributed by atoms with E-state index in [4.69, 9.17) is 4.74 Å². The third-order valence-electron chi connectivity index (χ3n) is 2.48. The molecule has 2 rings (SSSR count). The fourth-order valence-corrected chi connectivity index (χ4v) is 1.64. The van der Waals surface area contributed by atoms with Crippen molar-refractivity contribution in [2.24, 2.45) is 0 Å². The van der Waals surface area contributed by atoms with Crippen LogP contribution in [0.2, 0.25) is 0 Å². The highest BCUT2D eigenvalue weighted by Crippen LogP contribution is 2.13. The van der Waals surface area contributed by atoms with Crippen molar-refractivity contribution < 1.29 is 13.5 Å². The molecule has 0 aliphatic heterocycles. The molecule has 3 nitrogen and oxygen atoms in total. The van der Waals surface area contributed by atoms with Crippen LogP contribution in [-0.2, 0) is 13.2 Å². The first-order chi connectivity index (χ1) is 9.17. The van der Waals surface area contributed by atoms with Crippen LogP contribution in [-0.4, -0.2) is 12.0 Å². The van der Waals surface area contributed by atoms with Gasteiger partial charge in [-0.15, -0.1) is 0 Å². The molecule has 0 saturated heterocycles. The number of nitrogens with zero attached hydrogens (tertiary/aromatic N) is 1. The van der Waals surface area contributed by atoms with Crippen LogP contribution < -0.4 is 10.1 Å². The Kier molecular flexibility index (Phi) is 4.41. The number of pyridine rings is 1. The van der Waals surface area contributed by atoms with E-state index in [0.29, 0.717) is 17.9 Å². The Morgan fingerprint density at radius 1 is 1.16 bits per heavy atom. The van der Waals surface area contributed by atoms with Gasteiger partial charge in [-0.25, -0.2) is 8.78 Å². The standard InChI is InChI=1S/C14H14F2N2O/c1-17-7-13-2-3-14(8-18-13)19-9-10-4-11(15)6-12(16)5-10/h2-6,8,17H,7,9H2,1H3. The second kappa shape index (κ2) is 6.24. The fraction of sp³-hybridized carbons (Fsp3) is 0.214. The Labute approximate surface area is 110 Å². The summed E-state index contributed by atoms with van der Waals surface area (Å²) in [4.78, 5) is 4.18. The van der Waals surface area contributed by atoms with Crippen LogP contribution >= 0.6 is 0 Å². The average molecular weight is 264 g/mol. The predicted octanol–water partition coefficient (Wildman–Crippen LogP) is 2.66. The summed E-state index contributed by atoms with van der Waals surface area (Å²) in [6.45, 7) is 0.775. The molecule has 1 aromatic heterocycles. The summed E-state index contributed by atoms with van der Waals surface area (Å²) in [5.41, 5.74) is 1.34. The van der Waals surface area contributed by atoms with E-state index >= 15 is 0 Å². The molecule has 0 spiro atoms. The van der Waals surface area contributed by atoms with Gasteiger partial charge in [-0.1, -0.05) is 0 Å². The highest BCUT2D eigenvalue weighted by molar-refractivity contribution is 5.22. The summed E-state index contributed by atoms with van der Waals surface area (Å²) < 4.78 is 31.4. The van der Waals surface area contributed by atoms with Crippen molar-refractivity contribution in [3.63, 3.8) is 0 Å². The number of halogens is 2. The molecular formula is C14H14F2N2O. The lowest BCUT2D eigenvalue weighted by atomic mass is 10.2. The minimum Gasteiger partial charge on any atom is -0.487 e. The summed E-state index contributed by atoms with van der Waals surface area (Å²) in [6, 6.07) is 6.92. The maximum Gasteiger partial charge on any atom is 0.138 e. The zero-order valence-corrected chi connectivity index (χ0v) is 10.5. The summed E-state index contributed by atoms with van der Waals surface area (Å²) in [6.07, 6.45) is 1.59. The molecule has 1 N–H and O–H groups in total. The van der Waals surface area contributed by atoms with Gasteiger partial charge in [0.1, 0.15) is 24.0 Å². The third-order valence-corrected chi connectivity index (χ3v) is 2.48. The summed E-state index contributed by atoms with van der Waals surface area (Å²) in [5, 5.41) is 2.99. The van der Waals surface area contributed by atoms with E-state index in [9.17, 15) is 8.78 Å². The SMILES string of the molecule is CNCc1ccc(OCc2cc(F)cc(F)c2)cn1. The molecule has 5 heteroatoms. The molecule has 19 heavy (non-hydrogen) atoms. The summed E-state index contributed by atoms with van der Waals surface area (Å²) in [7, 11) is 1.84. The summed E-state index contributed by atoms with van der Waals surface area (Å²) in [5.74, 6) is -0.660. The van der Waals surface area contributed by atoms with Crippen molar-refractivity contribution in [1.82, 2.24) is 10.3 Å². The van der Waals surface area contributed by atoms with Crippen LogP contribution in [0.15, 0.2) is 36.5 Å². The Hall–Kier alpha value is -2.01. The maximum atomic E-state index is 13.0. The van der Waals surface area contributed by atoms with Gasteiger partial charge >= 0.3 is 0 Å². The number of hydrogen-bond donors (Lipinski definition) is 1. The molecule has 0 saturated carbocycles. The van der Waals surface area contributed by atoms with Crippen molar-refractivity contribution in [1.29, 1.82) is 0 Å². The quantitative estimate of drug-likeness (QED) is 0.901. The Morgan fingerprint density at radius 3 is 2.47 bits per heavy atom. The van der Waals surface area contributed by atoms with Crippen LogP contribution in [0.5, 0.6) is 5.75 Å². The molecule has 0 aliphatic rings. The van der Waals surface area contributed by atoms with Gasteiger partial charge in [0.15, 0.2) is 0 Å². The van der Waals surface area contributed by atoms with E-state index in [1.54, 1.807) is 12.3 Å². The van der Waals surface area contributed by atoms with E-state index in [2.05, 4.69) is 10.3 Å². The highest BCUT2D eigenvalue weighted by atomic mass is 19.1. The molecular weight excluding hydrogens is 250 g/mol.